The highest BCUT2D eigenvalue weighted by atomic mass is 16.6. The fourth-order valence-corrected chi connectivity index (χ4v) is 9.64. The second-order valence-electron chi connectivity index (χ2n) is 12.7. The van der Waals surface area contributed by atoms with Crippen molar-refractivity contribution in [2.75, 3.05) is 6.61 Å². The number of epoxide rings is 1. The second kappa shape index (κ2) is 7.32. The molecule has 9 atom stereocenters. The molecule has 5 fully saturated rings. The molecule has 0 radical (unpaired) electrons. The van der Waals surface area contributed by atoms with Gasteiger partial charge >= 0.3 is 11.9 Å². The molecule has 1 aromatic rings. The van der Waals surface area contributed by atoms with E-state index in [9.17, 15) is 9.59 Å². The first-order valence-corrected chi connectivity index (χ1v) is 13.2. The molecular weight excluding hydrogens is 428 g/mol. The van der Waals surface area contributed by atoms with E-state index in [4.69, 9.17) is 14.2 Å². The van der Waals surface area contributed by atoms with Crippen molar-refractivity contribution in [3.63, 3.8) is 0 Å². The lowest BCUT2D eigenvalue weighted by molar-refractivity contribution is -0.228. The third kappa shape index (κ3) is 2.88. The molecule has 1 aromatic carbocycles. The number of hydrogen-bond acceptors (Lipinski definition) is 5. The molecule has 5 aliphatic rings. The number of ether oxygens (including phenoxy) is 3. The van der Waals surface area contributed by atoms with Crippen molar-refractivity contribution in [1.29, 1.82) is 0 Å². The van der Waals surface area contributed by atoms with Crippen LogP contribution in [0.15, 0.2) is 30.3 Å². The molecule has 5 heteroatoms. The molecule has 5 nitrogen and oxygen atoms in total. The third-order valence-electron chi connectivity index (χ3n) is 11.0. The van der Waals surface area contributed by atoms with Crippen LogP contribution in [-0.4, -0.2) is 36.9 Å². The number of fused-ring (bicyclic) bond motifs is 5. The van der Waals surface area contributed by atoms with Gasteiger partial charge in [0.1, 0.15) is 6.10 Å². The summed E-state index contributed by atoms with van der Waals surface area (Å²) in [5.41, 5.74) is 0.549. The van der Waals surface area contributed by atoms with Gasteiger partial charge in [-0.3, -0.25) is 4.79 Å². The van der Waals surface area contributed by atoms with Crippen LogP contribution in [0, 0.1) is 33.5 Å². The highest BCUT2D eigenvalue weighted by molar-refractivity contribution is 5.89. The maximum atomic E-state index is 13.3. The van der Waals surface area contributed by atoms with E-state index in [0.29, 0.717) is 24.0 Å². The second-order valence-corrected chi connectivity index (χ2v) is 12.7. The molecule has 1 heterocycles. The molecule has 2 bridgehead atoms. The Morgan fingerprint density at radius 2 is 1.68 bits per heavy atom. The van der Waals surface area contributed by atoms with Crippen molar-refractivity contribution in [3.05, 3.63) is 35.9 Å². The van der Waals surface area contributed by atoms with Crippen LogP contribution in [-0.2, 0) is 19.0 Å². The first kappa shape index (κ1) is 22.6. The Morgan fingerprint density at radius 1 is 0.941 bits per heavy atom. The molecule has 0 aromatic heterocycles. The molecule has 1 aliphatic heterocycles. The topological polar surface area (TPSA) is 65.1 Å². The summed E-state index contributed by atoms with van der Waals surface area (Å²) >= 11 is 0. The molecule has 0 amide bonds. The summed E-state index contributed by atoms with van der Waals surface area (Å²) in [6, 6.07) is 9.42. The van der Waals surface area contributed by atoms with Gasteiger partial charge in [-0.1, -0.05) is 45.4 Å². The van der Waals surface area contributed by atoms with Crippen molar-refractivity contribution >= 4 is 11.9 Å². The van der Waals surface area contributed by atoms with E-state index in [0.717, 1.165) is 32.1 Å². The molecule has 4 saturated carbocycles. The van der Waals surface area contributed by atoms with E-state index in [-0.39, 0.29) is 51.9 Å². The van der Waals surface area contributed by atoms with Gasteiger partial charge in [-0.2, -0.15) is 0 Å². The minimum atomic E-state index is -0.200. The van der Waals surface area contributed by atoms with Crippen LogP contribution in [0.2, 0.25) is 0 Å². The zero-order chi connectivity index (χ0) is 23.9. The number of carbonyl (C=O) groups is 2. The molecule has 1 saturated heterocycles. The maximum absolute atomic E-state index is 13.3. The van der Waals surface area contributed by atoms with Crippen molar-refractivity contribution in [2.45, 2.75) is 91.0 Å². The highest BCUT2D eigenvalue weighted by Crippen LogP contribution is 2.78. The van der Waals surface area contributed by atoms with E-state index in [2.05, 4.69) is 20.8 Å². The van der Waals surface area contributed by atoms with Crippen molar-refractivity contribution in [1.82, 2.24) is 0 Å². The molecule has 1 spiro atoms. The summed E-state index contributed by atoms with van der Waals surface area (Å²) in [5, 5.41) is 0. The van der Waals surface area contributed by atoms with E-state index in [1.54, 1.807) is 0 Å². The zero-order valence-corrected chi connectivity index (χ0v) is 21.0. The van der Waals surface area contributed by atoms with Gasteiger partial charge in [-0.15, -0.1) is 0 Å². The first-order valence-electron chi connectivity index (χ1n) is 13.2. The monoisotopic (exact) mass is 466 g/mol. The first-order chi connectivity index (χ1) is 16.2. The van der Waals surface area contributed by atoms with E-state index in [1.165, 1.54) is 19.8 Å². The number of esters is 2. The van der Waals surface area contributed by atoms with Gasteiger partial charge in [-0.05, 0) is 67.9 Å². The van der Waals surface area contributed by atoms with Gasteiger partial charge in [0.2, 0.25) is 0 Å². The zero-order valence-electron chi connectivity index (χ0n) is 21.0. The van der Waals surface area contributed by atoms with Crippen LogP contribution in [0.1, 0.15) is 83.0 Å². The van der Waals surface area contributed by atoms with Crippen LogP contribution in [0.3, 0.4) is 0 Å². The Balaban J connectivity index is 1.35. The fraction of sp³-hybridized carbons (Fsp3) is 0.724. The molecule has 0 N–H and O–H groups in total. The third-order valence-corrected chi connectivity index (χ3v) is 11.0. The van der Waals surface area contributed by atoms with Crippen LogP contribution in [0.4, 0.5) is 0 Å². The van der Waals surface area contributed by atoms with Gasteiger partial charge in [0.05, 0.1) is 24.4 Å². The lowest BCUT2D eigenvalue weighted by Crippen LogP contribution is -2.64. The predicted molar refractivity (Wildman–Crippen MR) is 127 cm³/mol. The number of rotatable bonds is 4. The normalized spacial score (nSPS) is 48.2. The number of carbonyl (C=O) groups excluding carboxylic acids is 2. The lowest BCUT2D eigenvalue weighted by Gasteiger charge is -2.66. The van der Waals surface area contributed by atoms with E-state index >= 15 is 0 Å². The molecule has 0 unspecified atom stereocenters. The molecule has 34 heavy (non-hydrogen) atoms. The average molecular weight is 467 g/mol. The molecular formula is C29H38O5. The van der Waals surface area contributed by atoms with E-state index < -0.39 is 0 Å². The van der Waals surface area contributed by atoms with Gasteiger partial charge < -0.3 is 14.2 Å². The van der Waals surface area contributed by atoms with Crippen molar-refractivity contribution in [2.24, 2.45) is 33.5 Å². The molecule has 6 rings (SSSR count). The summed E-state index contributed by atoms with van der Waals surface area (Å²) < 4.78 is 18.5. The van der Waals surface area contributed by atoms with Gasteiger partial charge in [-0.25, -0.2) is 4.79 Å². The number of hydrogen-bond donors (Lipinski definition) is 0. The highest BCUT2D eigenvalue weighted by Gasteiger charge is 2.82. The van der Waals surface area contributed by atoms with Gasteiger partial charge in [0.15, 0.2) is 0 Å². The Labute approximate surface area is 202 Å². The van der Waals surface area contributed by atoms with Crippen LogP contribution < -0.4 is 0 Å². The Bertz CT molecular complexity index is 1010. The summed E-state index contributed by atoms with van der Waals surface area (Å²) in [6.07, 6.45) is 8.07. The average Bonchev–Trinajstić information content (AvgIpc) is 3.60. The summed E-state index contributed by atoms with van der Waals surface area (Å²) in [6.45, 7) is 9.14. The Morgan fingerprint density at radius 3 is 2.41 bits per heavy atom. The molecule has 184 valence electrons. The smallest absolute Gasteiger partial charge is 0.338 e. The minimum Gasteiger partial charge on any atom is -0.465 e. The van der Waals surface area contributed by atoms with Crippen molar-refractivity contribution in [3.8, 4) is 0 Å². The Kier molecular flexibility index (Phi) is 4.86. The largest absolute Gasteiger partial charge is 0.465 e. The summed E-state index contributed by atoms with van der Waals surface area (Å²) in [7, 11) is 0. The lowest BCUT2D eigenvalue weighted by atomic mass is 9.39. The summed E-state index contributed by atoms with van der Waals surface area (Å²) in [4.78, 5) is 24.9. The van der Waals surface area contributed by atoms with Gasteiger partial charge in [0, 0.05) is 23.2 Å². The SMILES string of the molecule is CC(=O)OC[C@@]1(C)CCC[C@]2(C)[C@@H]1CC[C@]13[C@@H]4O[C@@H]4[C@](C)(CC[C@@H]21)[C@H]3OC(=O)c1ccccc1. The maximum Gasteiger partial charge on any atom is 0.338 e. The van der Waals surface area contributed by atoms with Crippen molar-refractivity contribution < 1.29 is 23.8 Å². The van der Waals surface area contributed by atoms with Crippen LogP contribution in [0.25, 0.3) is 0 Å². The Hall–Kier alpha value is -1.88. The fourth-order valence-electron chi connectivity index (χ4n) is 9.64. The van der Waals surface area contributed by atoms with Crippen LogP contribution >= 0.6 is 0 Å². The predicted octanol–water partition coefficient (Wildman–Crippen LogP) is 5.57. The number of benzene rings is 1. The van der Waals surface area contributed by atoms with E-state index in [1.807, 2.05) is 30.3 Å². The van der Waals surface area contributed by atoms with Gasteiger partial charge in [0.25, 0.3) is 0 Å². The molecule has 4 aliphatic carbocycles. The standard InChI is InChI=1S/C29H38O5/c1-18(30)32-17-26(2)13-8-14-27(3)20(26)12-16-29-21(27)11-15-28(4,22-23(29)33-22)25(29)34-24(31)19-9-6-5-7-10-19/h5-7,9-10,20-23,25H,8,11-17H2,1-4H3/t20-,21+,22+,23-,25-,26-,27-,28+,29-/m1/s1. The van der Waals surface area contributed by atoms with Crippen LogP contribution in [0.5, 0.6) is 0 Å². The minimum absolute atomic E-state index is 0.000341. The quantitative estimate of drug-likeness (QED) is 0.429. The summed E-state index contributed by atoms with van der Waals surface area (Å²) in [5.74, 6) is 0.562.